The summed E-state index contributed by atoms with van der Waals surface area (Å²) in [5.74, 6) is -0.226. The van der Waals surface area contributed by atoms with Crippen LogP contribution in [0, 0.1) is 12.7 Å². The minimum Gasteiger partial charge on any atom is -0.329 e. The molecule has 0 aliphatic rings. The van der Waals surface area contributed by atoms with E-state index in [2.05, 4.69) is 0 Å². The maximum Gasteiger partial charge on any atom is 0.126 e. The summed E-state index contributed by atoms with van der Waals surface area (Å²) in [6, 6.07) is 4.60. The Hall–Kier alpha value is -0.930. The summed E-state index contributed by atoms with van der Waals surface area (Å²) in [6.07, 6.45) is 0. The fourth-order valence-corrected chi connectivity index (χ4v) is 1.15. The van der Waals surface area contributed by atoms with Gasteiger partial charge in [0.25, 0.3) is 0 Å². The van der Waals surface area contributed by atoms with Gasteiger partial charge in [0.1, 0.15) is 5.82 Å². The highest BCUT2D eigenvalue weighted by molar-refractivity contribution is 5.29. The molecular formula is C9H13FN2. The Morgan fingerprint density at radius 1 is 1.50 bits per heavy atom. The van der Waals surface area contributed by atoms with Crippen LogP contribution in [0.25, 0.3) is 0 Å². The lowest BCUT2D eigenvalue weighted by Crippen LogP contribution is -2.21. The summed E-state index contributed by atoms with van der Waals surface area (Å²) in [4.78, 5) is 0. The van der Waals surface area contributed by atoms with Crippen LogP contribution in [0.5, 0.6) is 0 Å². The molecule has 0 amide bonds. The first-order valence-corrected chi connectivity index (χ1v) is 3.87. The zero-order valence-corrected chi connectivity index (χ0v) is 7.05. The summed E-state index contributed by atoms with van der Waals surface area (Å²) < 4.78 is 13.0. The van der Waals surface area contributed by atoms with Crippen LogP contribution in [0.1, 0.15) is 17.2 Å². The lowest BCUT2D eigenvalue weighted by molar-refractivity contribution is 0.608. The second-order valence-corrected chi connectivity index (χ2v) is 2.80. The summed E-state index contributed by atoms with van der Waals surface area (Å²) >= 11 is 0. The highest BCUT2D eigenvalue weighted by Crippen LogP contribution is 2.16. The average Bonchev–Trinajstić information content (AvgIpc) is 2.08. The molecular weight excluding hydrogens is 155 g/mol. The fourth-order valence-electron chi connectivity index (χ4n) is 1.15. The van der Waals surface area contributed by atoms with Gasteiger partial charge in [0.2, 0.25) is 0 Å². The monoisotopic (exact) mass is 168 g/mol. The predicted octanol–water partition coefficient (Wildman–Crippen LogP) is 1.09. The summed E-state index contributed by atoms with van der Waals surface area (Å²) in [7, 11) is 0. The Morgan fingerprint density at radius 2 is 2.17 bits per heavy atom. The van der Waals surface area contributed by atoms with E-state index in [0.29, 0.717) is 12.1 Å². The predicted molar refractivity (Wildman–Crippen MR) is 47.1 cm³/mol. The van der Waals surface area contributed by atoms with Crippen molar-refractivity contribution in [1.82, 2.24) is 0 Å². The van der Waals surface area contributed by atoms with Crippen molar-refractivity contribution in [2.45, 2.75) is 13.0 Å². The van der Waals surface area contributed by atoms with Crippen molar-refractivity contribution in [2.75, 3.05) is 6.54 Å². The maximum absolute atomic E-state index is 13.0. The third-order valence-electron chi connectivity index (χ3n) is 1.96. The van der Waals surface area contributed by atoms with E-state index in [0.717, 1.165) is 5.56 Å². The van der Waals surface area contributed by atoms with Crippen molar-refractivity contribution in [1.29, 1.82) is 0 Å². The Kier molecular flexibility index (Phi) is 2.78. The van der Waals surface area contributed by atoms with E-state index in [1.165, 1.54) is 6.07 Å². The molecule has 0 aliphatic heterocycles. The molecule has 0 saturated heterocycles. The molecule has 4 N–H and O–H groups in total. The number of hydrogen-bond donors (Lipinski definition) is 2. The van der Waals surface area contributed by atoms with E-state index in [-0.39, 0.29) is 11.9 Å². The first-order chi connectivity index (χ1) is 5.66. The third kappa shape index (κ3) is 1.62. The molecule has 1 atom stereocenters. The zero-order valence-electron chi connectivity index (χ0n) is 7.05. The molecule has 2 nitrogen and oxygen atoms in total. The van der Waals surface area contributed by atoms with Crippen LogP contribution in [-0.4, -0.2) is 6.54 Å². The molecule has 0 radical (unpaired) electrons. The van der Waals surface area contributed by atoms with Crippen molar-refractivity contribution < 1.29 is 4.39 Å². The fraction of sp³-hybridized carbons (Fsp3) is 0.333. The van der Waals surface area contributed by atoms with Gasteiger partial charge in [-0.1, -0.05) is 12.1 Å². The van der Waals surface area contributed by atoms with E-state index in [4.69, 9.17) is 11.5 Å². The first kappa shape index (κ1) is 9.16. The number of hydrogen-bond acceptors (Lipinski definition) is 2. The summed E-state index contributed by atoms with van der Waals surface area (Å²) in [5, 5.41) is 0. The van der Waals surface area contributed by atoms with Crippen LogP contribution in [0.15, 0.2) is 18.2 Å². The van der Waals surface area contributed by atoms with E-state index < -0.39 is 0 Å². The Bertz CT molecular complexity index is 273. The molecule has 66 valence electrons. The number of nitrogens with two attached hydrogens (primary N) is 2. The topological polar surface area (TPSA) is 52.0 Å². The number of benzene rings is 1. The van der Waals surface area contributed by atoms with Crippen molar-refractivity contribution >= 4 is 0 Å². The van der Waals surface area contributed by atoms with Gasteiger partial charge in [0.05, 0.1) is 0 Å². The minimum absolute atomic E-state index is 0.226. The van der Waals surface area contributed by atoms with Gasteiger partial charge in [-0.05, 0) is 24.1 Å². The summed E-state index contributed by atoms with van der Waals surface area (Å²) in [6.45, 7) is 2.05. The average molecular weight is 168 g/mol. The second kappa shape index (κ2) is 3.65. The Balaban J connectivity index is 3.07. The molecule has 1 aromatic rings. The van der Waals surface area contributed by atoms with E-state index >= 15 is 0 Å². The summed E-state index contributed by atoms with van der Waals surface area (Å²) in [5.41, 5.74) is 12.4. The minimum atomic E-state index is -0.263. The highest BCUT2D eigenvalue weighted by Gasteiger charge is 2.08. The van der Waals surface area contributed by atoms with Crippen molar-refractivity contribution in [2.24, 2.45) is 11.5 Å². The quantitative estimate of drug-likeness (QED) is 0.694. The van der Waals surface area contributed by atoms with Crippen LogP contribution < -0.4 is 11.5 Å². The molecule has 1 aromatic carbocycles. The van der Waals surface area contributed by atoms with Gasteiger partial charge in [-0.15, -0.1) is 0 Å². The molecule has 0 unspecified atom stereocenters. The van der Waals surface area contributed by atoms with E-state index in [1.807, 2.05) is 0 Å². The smallest absolute Gasteiger partial charge is 0.126 e. The molecule has 3 heteroatoms. The SMILES string of the molecule is Cc1c(F)cccc1[C@H](N)CN. The molecule has 0 heterocycles. The van der Waals surface area contributed by atoms with Gasteiger partial charge in [0.15, 0.2) is 0 Å². The van der Waals surface area contributed by atoms with Gasteiger partial charge >= 0.3 is 0 Å². The van der Waals surface area contributed by atoms with Crippen LogP contribution in [0.3, 0.4) is 0 Å². The largest absolute Gasteiger partial charge is 0.329 e. The lowest BCUT2D eigenvalue weighted by atomic mass is 10.0. The first-order valence-electron chi connectivity index (χ1n) is 3.87. The number of rotatable bonds is 2. The lowest BCUT2D eigenvalue weighted by Gasteiger charge is -2.12. The van der Waals surface area contributed by atoms with Crippen LogP contribution >= 0.6 is 0 Å². The van der Waals surface area contributed by atoms with Gasteiger partial charge in [-0.2, -0.15) is 0 Å². The standard InChI is InChI=1S/C9H13FN2/c1-6-7(9(12)5-11)3-2-4-8(6)10/h2-4,9H,5,11-12H2,1H3/t9-/m1/s1. The van der Waals surface area contributed by atoms with Gasteiger partial charge in [-0.3, -0.25) is 0 Å². The van der Waals surface area contributed by atoms with Crippen LogP contribution in [0.4, 0.5) is 4.39 Å². The molecule has 0 fully saturated rings. The van der Waals surface area contributed by atoms with Crippen molar-refractivity contribution in [3.8, 4) is 0 Å². The van der Waals surface area contributed by atoms with Crippen LogP contribution in [0.2, 0.25) is 0 Å². The molecule has 0 aliphatic carbocycles. The second-order valence-electron chi connectivity index (χ2n) is 2.80. The van der Waals surface area contributed by atoms with Gasteiger partial charge in [0, 0.05) is 12.6 Å². The molecule has 0 bridgehead atoms. The van der Waals surface area contributed by atoms with E-state index in [1.54, 1.807) is 19.1 Å². The molecule has 0 aromatic heterocycles. The van der Waals surface area contributed by atoms with Crippen molar-refractivity contribution in [3.05, 3.63) is 35.1 Å². The number of halogens is 1. The van der Waals surface area contributed by atoms with Crippen molar-refractivity contribution in [3.63, 3.8) is 0 Å². The molecule has 1 rings (SSSR count). The highest BCUT2D eigenvalue weighted by atomic mass is 19.1. The molecule has 0 spiro atoms. The van der Waals surface area contributed by atoms with Gasteiger partial charge in [-0.25, -0.2) is 4.39 Å². The van der Waals surface area contributed by atoms with Crippen LogP contribution in [-0.2, 0) is 0 Å². The van der Waals surface area contributed by atoms with Gasteiger partial charge < -0.3 is 11.5 Å². The molecule has 0 saturated carbocycles. The Labute approximate surface area is 71.4 Å². The normalized spacial score (nSPS) is 13.0. The maximum atomic E-state index is 13.0. The Morgan fingerprint density at radius 3 is 2.75 bits per heavy atom. The zero-order chi connectivity index (χ0) is 9.14. The molecule has 12 heavy (non-hydrogen) atoms. The van der Waals surface area contributed by atoms with E-state index in [9.17, 15) is 4.39 Å². The third-order valence-corrected chi connectivity index (χ3v) is 1.96.